The van der Waals surface area contributed by atoms with E-state index in [-0.39, 0.29) is 0 Å². The van der Waals surface area contributed by atoms with Crippen molar-refractivity contribution in [3.8, 4) is 0 Å². The zero-order valence-corrected chi connectivity index (χ0v) is 10.7. The number of hydrogen-bond acceptors (Lipinski definition) is 3. The van der Waals surface area contributed by atoms with E-state index < -0.39 is 5.60 Å². The molecular weight excluding hydrogens is 200 g/mol. The molecule has 3 nitrogen and oxygen atoms in total. The number of aliphatic hydroxyl groups is 1. The highest BCUT2D eigenvalue weighted by Crippen LogP contribution is 2.31. The molecule has 0 aromatic carbocycles. The van der Waals surface area contributed by atoms with E-state index >= 15 is 0 Å². The van der Waals surface area contributed by atoms with Crippen LogP contribution in [0.4, 0.5) is 0 Å². The second-order valence-electron chi connectivity index (χ2n) is 5.67. The molecule has 94 valence electrons. The molecule has 2 saturated heterocycles. The van der Waals surface area contributed by atoms with Gasteiger partial charge in [0.1, 0.15) is 0 Å². The first-order valence-electron chi connectivity index (χ1n) is 6.82. The first kappa shape index (κ1) is 12.3. The van der Waals surface area contributed by atoms with Crippen LogP contribution in [-0.2, 0) is 0 Å². The standard InChI is InChI=1S/C13H26N2O/c1-3-15-8-5-13(16,6-9-15)12-10-11(2)4-7-14-12/h11-12,14,16H,3-10H2,1-2H3. The summed E-state index contributed by atoms with van der Waals surface area (Å²) in [6.07, 6.45) is 4.27. The summed E-state index contributed by atoms with van der Waals surface area (Å²) in [6.45, 7) is 8.80. The highest BCUT2D eigenvalue weighted by Gasteiger charge is 2.40. The van der Waals surface area contributed by atoms with Gasteiger partial charge in [-0.1, -0.05) is 13.8 Å². The molecule has 0 aromatic rings. The summed E-state index contributed by atoms with van der Waals surface area (Å²) in [4.78, 5) is 2.43. The normalized spacial score (nSPS) is 36.2. The first-order chi connectivity index (χ1) is 7.64. The molecule has 2 fully saturated rings. The van der Waals surface area contributed by atoms with Crippen molar-refractivity contribution in [2.24, 2.45) is 5.92 Å². The van der Waals surface area contributed by atoms with Gasteiger partial charge in [0.15, 0.2) is 0 Å². The fourth-order valence-corrected chi connectivity index (χ4v) is 3.12. The molecule has 0 saturated carbocycles. The summed E-state index contributed by atoms with van der Waals surface area (Å²) in [5, 5.41) is 14.3. The molecule has 2 aliphatic heterocycles. The van der Waals surface area contributed by atoms with E-state index in [0.29, 0.717) is 6.04 Å². The van der Waals surface area contributed by atoms with Gasteiger partial charge in [-0.3, -0.25) is 0 Å². The Balaban J connectivity index is 1.92. The molecule has 0 amide bonds. The molecule has 2 atom stereocenters. The Labute approximate surface area is 99.2 Å². The van der Waals surface area contributed by atoms with E-state index in [1.165, 1.54) is 6.42 Å². The van der Waals surface area contributed by atoms with Gasteiger partial charge in [-0.05, 0) is 44.7 Å². The minimum absolute atomic E-state index is 0.329. The highest BCUT2D eigenvalue weighted by molar-refractivity contribution is 4.97. The van der Waals surface area contributed by atoms with Crippen LogP contribution in [0.2, 0.25) is 0 Å². The van der Waals surface area contributed by atoms with E-state index in [0.717, 1.165) is 51.4 Å². The van der Waals surface area contributed by atoms with Gasteiger partial charge in [0, 0.05) is 19.1 Å². The molecule has 0 aliphatic carbocycles. The van der Waals surface area contributed by atoms with Crippen molar-refractivity contribution in [3.63, 3.8) is 0 Å². The molecule has 2 N–H and O–H groups in total. The van der Waals surface area contributed by atoms with Crippen molar-refractivity contribution >= 4 is 0 Å². The van der Waals surface area contributed by atoms with Gasteiger partial charge in [0.25, 0.3) is 0 Å². The fraction of sp³-hybridized carbons (Fsp3) is 1.00. The van der Waals surface area contributed by atoms with E-state index in [2.05, 4.69) is 24.1 Å². The Morgan fingerprint density at radius 1 is 1.38 bits per heavy atom. The fourth-order valence-electron chi connectivity index (χ4n) is 3.12. The van der Waals surface area contributed by atoms with Crippen LogP contribution in [0.1, 0.15) is 39.5 Å². The number of rotatable bonds is 2. The summed E-state index contributed by atoms with van der Waals surface area (Å²) < 4.78 is 0. The smallest absolute Gasteiger partial charge is 0.0824 e. The summed E-state index contributed by atoms with van der Waals surface area (Å²) >= 11 is 0. The number of hydrogen-bond donors (Lipinski definition) is 2. The molecule has 3 heteroatoms. The molecular formula is C13H26N2O. The largest absolute Gasteiger partial charge is 0.388 e. The molecule has 0 spiro atoms. The molecule has 2 heterocycles. The number of nitrogens with zero attached hydrogens (tertiary/aromatic N) is 1. The van der Waals surface area contributed by atoms with Gasteiger partial charge < -0.3 is 15.3 Å². The second-order valence-corrected chi connectivity index (χ2v) is 5.67. The third-order valence-corrected chi connectivity index (χ3v) is 4.48. The Bertz CT molecular complexity index is 224. The van der Waals surface area contributed by atoms with Gasteiger partial charge in [-0.25, -0.2) is 0 Å². The van der Waals surface area contributed by atoms with Crippen LogP contribution < -0.4 is 5.32 Å². The predicted molar refractivity (Wildman–Crippen MR) is 66.5 cm³/mol. The second kappa shape index (κ2) is 5.03. The maximum atomic E-state index is 10.7. The summed E-state index contributed by atoms with van der Waals surface area (Å²) in [5.74, 6) is 0.763. The lowest BCUT2D eigenvalue weighted by atomic mass is 9.78. The quantitative estimate of drug-likeness (QED) is 0.743. The highest BCUT2D eigenvalue weighted by atomic mass is 16.3. The van der Waals surface area contributed by atoms with Crippen LogP contribution in [0.25, 0.3) is 0 Å². The maximum absolute atomic E-state index is 10.7. The monoisotopic (exact) mass is 226 g/mol. The zero-order valence-electron chi connectivity index (χ0n) is 10.7. The summed E-state index contributed by atoms with van der Waals surface area (Å²) in [6, 6.07) is 0.329. The van der Waals surface area contributed by atoms with Crippen molar-refractivity contribution in [1.82, 2.24) is 10.2 Å². The predicted octanol–water partition coefficient (Wildman–Crippen LogP) is 1.22. The van der Waals surface area contributed by atoms with Crippen LogP contribution in [0, 0.1) is 5.92 Å². The number of piperidine rings is 2. The Hall–Kier alpha value is -0.120. The summed E-state index contributed by atoms with van der Waals surface area (Å²) in [5.41, 5.74) is -0.444. The maximum Gasteiger partial charge on any atom is 0.0824 e. The Morgan fingerprint density at radius 2 is 2.06 bits per heavy atom. The molecule has 2 unspecified atom stereocenters. The molecule has 0 aromatic heterocycles. The Kier molecular flexibility index (Phi) is 3.88. The molecule has 0 bridgehead atoms. The third-order valence-electron chi connectivity index (χ3n) is 4.48. The minimum atomic E-state index is -0.444. The van der Waals surface area contributed by atoms with Crippen molar-refractivity contribution < 1.29 is 5.11 Å². The van der Waals surface area contributed by atoms with Crippen LogP contribution in [-0.4, -0.2) is 47.8 Å². The van der Waals surface area contributed by atoms with E-state index in [1.54, 1.807) is 0 Å². The average molecular weight is 226 g/mol. The van der Waals surface area contributed by atoms with E-state index in [9.17, 15) is 5.11 Å². The van der Waals surface area contributed by atoms with E-state index in [1.807, 2.05) is 0 Å². The van der Waals surface area contributed by atoms with Crippen molar-refractivity contribution in [1.29, 1.82) is 0 Å². The van der Waals surface area contributed by atoms with Gasteiger partial charge in [0.2, 0.25) is 0 Å². The molecule has 0 radical (unpaired) electrons. The average Bonchev–Trinajstić information content (AvgIpc) is 2.30. The van der Waals surface area contributed by atoms with Gasteiger partial charge in [-0.15, -0.1) is 0 Å². The lowest BCUT2D eigenvalue weighted by Gasteiger charge is -2.45. The molecule has 16 heavy (non-hydrogen) atoms. The van der Waals surface area contributed by atoms with Crippen molar-refractivity contribution in [3.05, 3.63) is 0 Å². The Morgan fingerprint density at radius 3 is 2.62 bits per heavy atom. The SMILES string of the molecule is CCN1CCC(O)(C2CC(C)CCN2)CC1. The minimum Gasteiger partial charge on any atom is -0.388 e. The topological polar surface area (TPSA) is 35.5 Å². The number of nitrogens with one attached hydrogen (secondary N) is 1. The van der Waals surface area contributed by atoms with Crippen LogP contribution in [0.5, 0.6) is 0 Å². The van der Waals surface area contributed by atoms with Crippen LogP contribution in [0.3, 0.4) is 0 Å². The van der Waals surface area contributed by atoms with E-state index in [4.69, 9.17) is 0 Å². The third kappa shape index (κ3) is 2.58. The van der Waals surface area contributed by atoms with Crippen LogP contribution in [0.15, 0.2) is 0 Å². The van der Waals surface area contributed by atoms with Gasteiger partial charge in [0.05, 0.1) is 5.60 Å². The van der Waals surface area contributed by atoms with Crippen LogP contribution >= 0.6 is 0 Å². The molecule has 2 aliphatic rings. The van der Waals surface area contributed by atoms with Crippen molar-refractivity contribution in [2.45, 2.75) is 51.2 Å². The zero-order chi connectivity index (χ0) is 11.6. The van der Waals surface area contributed by atoms with Gasteiger partial charge >= 0.3 is 0 Å². The van der Waals surface area contributed by atoms with Gasteiger partial charge in [-0.2, -0.15) is 0 Å². The lowest BCUT2D eigenvalue weighted by molar-refractivity contribution is -0.0595. The number of likely N-dealkylation sites (tertiary alicyclic amines) is 1. The summed E-state index contributed by atoms with van der Waals surface area (Å²) in [7, 11) is 0. The molecule has 2 rings (SSSR count). The van der Waals surface area contributed by atoms with Crippen molar-refractivity contribution in [2.75, 3.05) is 26.2 Å². The lowest BCUT2D eigenvalue weighted by Crippen LogP contribution is -2.58. The first-order valence-corrected chi connectivity index (χ1v) is 6.82.